The highest BCUT2D eigenvalue weighted by Gasteiger charge is 2.31. The Balaban J connectivity index is 2.38. The molecule has 0 bridgehead atoms. The lowest BCUT2D eigenvalue weighted by Gasteiger charge is -2.23. The van der Waals surface area contributed by atoms with E-state index in [1.165, 1.54) is 6.20 Å². The predicted molar refractivity (Wildman–Crippen MR) is 66.5 cm³/mol. The molecule has 1 fully saturated rings. The molecule has 0 spiro atoms. The quantitative estimate of drug-likeness (QED) is 0.853. The van der Waals surface area contributed by atoms with E-state index < -0.39 is 5.97 Å². The number of carboxylic acids is 1. The highest BCUT2D eigenvalue weighted by molar-refractivity contribution is 5.94. The first-order valence-electron chi connectivity index (χ1n) is 5.84. The Hall–Kier alpha value is -1.58. The van der Waals surface area contributed by atoms with Crippen molar-refractivity contribution in [2.45, 2.75) is 27.2 Å². The first kappa shape index (κ1) is 11.9. The van der Waals surface area contributed by atoms with Crippen molar-refractivity contribution in [2.75, 3.05) is 18.0 Å². The fraction of sp³-hybridized carbons (Fsp3) is 0.538. The molecule has 1 saturated heterocycles. The maximum Gasteiger partial charge on any atom is 0.339 e. The molecule has 0 radical (unpaired) electrons. The van der Waals surface area contributed by atoms with E-state index in [9.17, 15) is 9.90 Å². The number of pyridine rings is 1. The maximum atomic E-state index is 11.2. The highest BCUT2D eigenvalue weighted by atomic mass is 16.4. The molecule has 0 aromatic carbocycles. The summed E-state index contributed by atoms with van der Waals surface area (Å²) in [5, 5.41) is 9.18. The molecule has 0 amide bonds. The minimum absolute atomic E-state index is 0.257. The number of hydrogen-bond acceptors (Lipinski definition) is 3. The van der Waals surface area contributed by atoms with E-state index in [0.29, 0.717) is 5.56 Å². The van der Waals surface area contributed by atoms with Crippen molar-refractivity contribution in [3.05, 3.63) is 23.5 Å². The lowest BCUT2D eigenvalue weighted by Crippen LogP contribution is -2.24. The molecule has 1 aromatic heterocycles. The van der Waals surface area contributed by atoms with Crippen molar-refractivity contribution >= 4 is 11.7 Å². The lowest BCUT2D eigenvalue weighted by atomic mass is 9.93. The molecule has 2 heterocycles. The van der Waals surface area contributed by atoms with Gasteiger partial charge in [0.1, 0.15) is 5.56 Å². The normalized spacial score (nSPS) is 18.4. The number of hydrogen-bond donors (Lipinski definition) is 1. The van der Waals surface area contributed by atoms with E-state index in [2.05, 4.69) is 23.7 Å². The number of carboxylic acid groups (broad SMARTS) is 1. The zero-order chi connectivity index (χ0) is 12.6. The third kappa shape index (κ3) is 2.40. The second-order valence-electron chi connectivity index (χ2n) is 5.48. The topological polar surface area (TPSA) is 53.4 Å². The molecule has 0 unspecified atom stereocenters. The average molecular weight is 234 g/mol. The van der Waals surface area contributed by atoms with Crippen molar-refractivity contribution in [1.29, 1.82) is 0 Å². The molecule has 0 atom stereocenters. The van der Waals surface area contributed by atoms with Gasteiger partial charge in [0.05, 0.1) is 5.69 Å². The monoisotopic (exact) mass is 234 g/mol. The van der Waals surface area contributed by atoms with Crippen LogP contribution < -0.4 is 4.90 Å². The Morgan fingerprint density at radius 1 is 1.53 bits per heavy atom. The third-order valence-corrected chi connectivity index (χ3v) is 3.27. The summed E-state index contributed by atoms with van der Waals surface area (Å²) in [4.78, 5) is 17.4. The van der Waals surface area contributed by atoms with Crippen LogP contribution in [0.2, 0.25) is 0 Å². The fourth-order valence-corrected chi connectivity index (χ4v) is 2.29. The first-order valence-corrected chi connectivity index (χ1v) is 5.84. The number of aromatic carboxylic acids is 1. The van der Waals surface area contributed by atoms with Crippen LogP contribution in [0.5, 0.6) is 0 Å². The molecule has 4 heteroatoms. The number of carbonyl (C=O) groups is 1. The largest absolute Gasteiger partial charge is 0.478 e. The van der Waals surface area contributed by atoms with E-state index in [1.807, 2.05) is 13.0 Å². The Morgan fingerprint density at radius 2 is 2.24 bits per heavy atom. The highest BCUT2D eigenvalue weighted by Crippen LogP contribution is 2.34. The molecule has 0 aliphatic carbocycles. The van der Waals surface area contributed by atoms with Gasteiger partial charge in [-0.2, -0.15) is 0 Å². The molecule has 4 nitrogen and oxygen atoms in total. The molecule has 0 saturated carbocycles. The maximum absolute atomic E-state index is 11.2. The van der Waals surface area contributed by atoms with Crippen LogP contribution in [0.4, 0.5) is 5.69 Å². The summed E-state index contributed by atoms with van der Waals surface area (Å²) in [6.07, 6.45) is 2.55. The molecular formula is C13H18N2O2. The predicted octanol–water partition coefficient (Wildman–Crippen LogP) is 2.32. The second kappa shape index (κ2) is 4.02. The minimum atomic E-state index is -0.905. The molecule has 1 aliphatic rings. The van der Waals surface area contributed by atoms with Crippen LogP contribution in [0.1, 0.15) is 36.3 Å². The Morgan fingerprint density at radius 3 is 2.76 bits per heavy atom. The van der Waals surface area contributed by atoms with Crippen LogP contribution >= 0.6 is 0 Å². The summed E-state index contributed by atoms with van der Waals surface area (Å²) in [6, 6.07) is 1.87. The van der Waals surface area contributed by atoms with Gasteiger partial charge in [-0.1, -0.05) is 13.8 Å². The average Bonchev–Trinajstić information content (AvgIpc) is 2.58. The zero-order valence-electron chi connectivity index (χ0n) is 10.5. The Labute approximate surface area is 101 Å². The van der Waals surface area contributed by atoms with Gasteiger partial charge in [0.15, 0.2) is 0 Å². The van der Waals surface area contributed by atoms with Gasteiger partial charge in [-0.05, 0) is 24.8 Å². The zero-order valence-corrected chi connectivity index (χ0v) is 10.5. The van der Waals surface area contributed by atoms with Gasteiger partial charge in [0.25, 0.3) is 0 Å². The number of anilines is 1. The van der Waals surface area contributed by atoms with E-state index in [4.69, 9.17) is 0 Å². The van der Waals surface area contributed by atoms with Crippen molar-refractivity contribution in [2.24, 2.45) is 5.41 Å². The molecule has 1 aromatic rings. The van der Waals surface area contributed by atoms with Gasteiger partial charge in [0, 0.05) is 25.0 Å². The Kier molecular flexibility index (Phi) is 2.81. The van der Waals surface area contributed by atoms with Crippen LogP contribution in [-0.4, -0.2) is 29.1 Å². The van der Waals surface area contributed by atoms with E-state index in [1.54, 1.807) is 0 Å². The number of nitrogens with zero attached hydrogens (tertiary/aromatic N) is 2. The van der Waals surface area contributed by atoms with Crippen LogP contribution in [0, 0.1) is 12.3 Å². The molecule has 1 N–H and O–H groups in total. The second-order valence-corrected chi connectivity index (χ2v) is 5.48. The molecule has 2 rings (SSSR count). The van der Waals surface area contributed by atoms with Gasteiger partial charge in [-0.3, -0.25) is 4.98 Å². The van der Waals surface area contributed by atoms with Crippen molar-refractivity contribution < 1.29 is 9.90 Å². The van der Waals surface area contributed by atoms with Gasteiger partial charge < -0.3 is 10.0 Å². The smallest absolute Gasteiger partial charge is 0.339 e. The summed E-state index contributed by atoms with van der Waals surface area (Å²) >= 11 is 0. The molecule has 92 valence electrons. The molecule has 17 heavy (non-hydrogen) atoms. The molecular weight excluding hydrogens is 216 g/mol. The van der Waals surface area contributed by atoms with Crippen molar-refractivity contribution in [1.82, 2.24) is 4.98 Å². The van der Waals surface area contributed by atoms with Crippen LogP contribution in [-0.2, 0) is 0 Å². The van der Waals surface area contributed by atoms with Gasteiger partial charge in [0.2, 0.25) is 0 Å². The lowest BCUT2D eigenvalue weighted by molar-refractivity contribution is 0.0697. The van der Waals surface area contributed by atoms with Gasteiger partial charge >= 0.3 is 5.97 Å². The number of aromatic nitrogens is 1. The summed E-state index contributed by atoms with van der Waals surface area (Å²) in [6.45, 7) is 8.12. The standard InChI is InChI=1S/C13H18N2O2/c1-9-6-11(10(7-14-9)12(16)17)15-5-4-13(2,3)8-15/h6-7H,4-5,8H2,1-3H3,(H,16,17). The third-order valence-electron chi connectivity index (χ3n) is 3.27. The summed E-state index contributed by atoms with van der Waals surface area (Å²) in [5.41, 5.74) is 2.21. The van der Waals surface area contributed by atoms with Crippen LogP contribution in [0.15, 0.2) is 12.3 Å². The van der Waals surface area contributed by atoms with Crippen molar-refractivity contribution in [3.8, 4) is 0 Å². The minimum Gasteiger partial charge on any atom is -0.478 e. The Bertz CT molecular complexity index is 455. The van der Waals surface area contributed by atoms with Crippen molar-refractivity contribution in [3.63, 3.8) is 0 Å². The number of rotatable bonds is 2. The van der Waals surface area contributed by atoms with E-state index in [0.717, 1.165) is 30.9 Å². The fourth-order valence-electron chi connectivity index (χ4n) is 2.29. The SMILES string of the molecule is Cc1cc(N2CCC(C)(C)C2)c(C(=O)O)cn1. The summed E-state index contributed by atoms with van der Waals surface area (Å²) < 4.78 is 0. The molecule has 1 aliphatic heterocycles. The summed E-state index contributed by atoms with van der Waals surface area (Å²) in [7, 11) is 0. The van der Waals surface area contributed by atoms with Crippen LogP contribution in [0.25, 0.3) is 0 Å². The van der Waals surface area contributed by atoms with Gasteiger partial charge in [-0.25, -0.2) is 4.79 Å². The van der Waals surface area contributed by atoms with Crippen LogP contribution in [0.3, 0.4) is 0 Å². The number of aryl methyl sites for hydroxylation is 1. The summed E-state index contributed by atoms with van der Waals surface area (Å²) in [5.74, 6) is -0.905. The van der Waals surface area contributed by atoms with E-state index >= 15 is 0 Å². The van der Waals surface area contributed by atoms with E-state index in [-0.39, 0.29) is 5.41 Å². The van der Waals surface area contributed by atoms with Gasteiger partial charge in [-0.15, -0.1) is 0 Å². The first-order chi connectivity index (χ1) is 7.89.